The summed E-state index contributed by atoms with van der Waals surface area (Å²) < 4.78 is 0. The summed E-state index contributed by atoms with van der Waals surface area (Å²) in [5.41, 5.74) is 2.31. The topological polar surface area (TPSA) is 123 Å². The zero-order valence-corrected chi connectivity index (χ0v) is 15.9. The molecule has 0 fully saturated rings. The minimum Gasteiger partial charge on any atom is -0.493 e. The van der Waals surface area contributed by atoms with Crippen LogP contribution in [0, 0.1) is 0 Å². The molecule has 0 atom stereocenters. The first kappa shape index (κ1) is 18.6. The summed E-state index contributed by atoms with van der Waals surface area (Å²) in [6.45, 7) is 9.48. The maximum Gasteiger partial charge on any atom is 0.275 e. The van der Waals surface area contributed by atoms with E-state index in [-0.39, 0.29) is 11.8 Å². The van der Waals surface area contributed by atoms with E-state index < -0.39 is 0 Å². The van der Waals surface area contributed by atoms with Gasteiger partial charge in [0.25, 0.3) is 5.95 Å². The molecule has 9 heteroatoms. The van der Waals surface area contributed by atoms with E-state index >= 15 is 0 Å². The molecule has 0 aliphatic heterocycles. The van der Waals surface area contributed by atoms with Crippen molar-refractivity contribution >= 4 is 34.4 Å². The molecule has 142 valence electrons. The second-order valence-electron chi connectivity index (χ2n) is 6.33. The molecule has 0 bridgehead atoms. The second kappa shape index (κ2) is 7.98. The first-order valence-corrected chi connectivity index (χ1v) is 9.02. The van der Waals surface area contributed by atoms with Crippen molar-refractivity contribution in [3.63, 3.8) is 0 Å². The Hall–Kier alpha value is -3.23. The summed E-state index contributed by atoms with van der Waals surface area (Å²) in [6.07, 6.45) is 0. The predicted octanol–water partition coefficient (Wildman–Crippen LogP) is 4.46. The number of nitrogens with one attached hydrogen (secondary N) is 3. The Morgan fingerprint density at radius 3 is 2.30 bits per heavy atom. The van der Waals surface area contributed by atoms with Gasteiger partial charge in [0.2, 0.25) is 17.8 Å². The van der Waals surface area contributed by atoms with Crippen LogP contribution in [0.5, 0.6) is 5.88 Å². The van der Waals surface area contributed by atoms with Gasteiger partial charge in [-0.25, -0.2) is 0 Å². The highest BCUT2D eigenvalue weighted by atomic mass is 16.3. The summed E-state index contributed by atoms with van der Waals surface area (Å²) >= 11 is 0. The average Bonchev–Trinajstić information content (AvgIpc) is 2.94. The van der Waals surface area contributed by atoms with Crippen LogP contribution in [0.1, 0.15) is 39.2 Å². The van der Waals surface area contributed by atoms with Gasteiger partial charge in [-0.1, -0.05) is 19.9 Å². The number of fused-ring (bicyclic) bond motifs is 1. The van der Waals surface area contributed by atoms with E-state index in [0.29, 0.717) is 36.6 Å². The Morgan fingerprint density at radius 1 is 1.04 bits per heavy atom. The highest BCUT2D eigenvalue weighted by molar-refractivity contribution is 5.94. The minimum atomic E-state index is -0.0393. The van der Waals surface area contributed by atoms with Crippen molar-refractivity contribution in [3.05, 3.63) is 23.8 Å². The number of aromatic hydroxyl groups is 1. The fourth-order valence-electron chi connectivity index (χ4n) is 2.62. The van der Waals surface area contributed by atoms with Gasteiger partial charge in [0.15, 0.2) is 5.69 Å². The molecule has 0 aliphatic rings. The van der Waals surface area contributed by atoms with E-state index in [1.54, 1.807) is 0 Å². The van der Waals surface area contributed by atoms with Gasteiger partial charge in [-0.2, -0.15) is 15.0 Å². The zero-order valence-electron chi connectivity index (χ0n) is 15.9. The fourth-order valence-corrected chi connectivity index (χ4v) is 2.62. The van der Waals surface area contributed by atoms with Gasteiger partial charge in [-0.15, -0.1) is 10.2 Å². The molecule has 0 unspecified atom stereocenters. The fraction of sp³-hybridized carbons (Fsp3) is 0.389. The standard InChI is InChI=1S/C18H24N8O/c1-5-19-16-22-17(20-6-2)24-18(23-16)26-25-14-12-9-11(10(3)4)7-8-13(12)21-15(14)27/h7-10,21,27H,5-6H2,1-4H3,(H2,19,20,22,23,24). The molecule has 4 N–H and O–H groups in total. The third-order valence-electron chi connectivity index (χ3n) is 3.98. The number of hydrogen-bond donors (Lipinski definition) is 4. The van der Waals surface area contributed by atoms with E-state index in [9.17, 15) is 5.11 Å². The van der Waals surface area contributed by atoms with Gasteiger partial charge < -0.3 is 20.7 Å². The summed E-state index contributed by atoms with van der Waals surface area (Å²) in [4.78, 5) is 15.6. The third kappa shape index (κ3) is 4.13. The third-order valence-corrected chi connectivity index (χ3v) is 3.98. The van der Waals surface area contributed by atoms with Crippen LogP contribution in [0.25, 0.3) is 10.9 Å². The maximum atomic E-state index is 10.2. The molecule has 0 amide bonds. The molecule has 0 radical (unpaired) electrons. The molecule has 0 spiro atoms. The summed E-state index contributed by atoms with van der Waals surface area (Å²) in [5.74, 6) is 1.32. The van der Waals surface area contributed by atoms with E-state index in [1.165, 1.54) is 0 Å². The molecular formula is C18H24N8O. The Labute approximate surface area is 157 Å². The molecule has 0 saturated carbocycles. The molecule has 3 rings (SSSR count). The monoisotopic (exact) mass is 368 g/mol. The van der Waals surface area contributed by atoms with Crippen molar-refractivity contribution in [1.82, 2.24) is 19.9 Å². The van der Waals surface area contributed by atoms with Crippen LogP contribution >= 0.6 is 0 Å². The van der Waals surface area contributed by atoms with Crippen LogP contribution in [0.2, 0.25) is 0 Å². The van der Waals surface area contributed by atoms with Crippen molar-refractivity contribution < 1.29 is 5.11 Å². The molecule has 0 saturated heterocycles. The Morgan fingerprint density at radius 2 is 1.70 bits per heavy atom. The number of anilines is 2. The molecule has 1 aromatic carbocycles. The Kier molecular flexibility index (Phi) is 5.49. The highest BCUT2D eigenvalue weighted by Gasteiger charge is 2.13. The lowest BCUT2D eigenvalue weighted by atomic mass is 10.0. The number of aromatic amines is 1. The quantitative estimate of drug-likeness (QED) is 0.456. The summed E-state index contributed by atoms with van der Waals surface area (Å²) in [5, 5.41) is 25.4. The number of aromatic nitrogens is 4. The van der Waals surface area contributed by atoms with Crippen LogP contribution < -0.4 is 10.6 Å². The van der Waals surface area contributed by atoms with Gasteiger partial charge in [0.1, 0.15) is 0 Å². The number of hydrogen-bond acceptors (Lipinski definition) is 8. The van der Waals surface area contributed by atoms with Gasteiger partial charge in [0.05, 0.1) is 5.52 Å². The number of nitrogens with zero attached hydrogens (tertiary/aromatic N) is 5. The van der Waals surface area contributed by atoms with Gasteiger partial charge in [0, 0.05) is 18.5 Å². The Bertz CT molecular complexity index is 939. The number of H-pyrrole nitrogens is 1. The Balaban J connectivity index is 2.00. The normalized spacial score (nSPS) is 11.6. The summed E-state index contributed by atoms with van der Waals surface area (Å²) in [7, 11) is 0. The van der Waals surface area contributed by atoms with Crippen LogP contribution in [0.3, 0.4) is 0 Å². The van der Waals surface area contributed by atoms with Crippen molar-refractivity contribution in [3.8, 4) is 5.88 Å². The smallest absolute Gasteiger partial charge is 0.275 e. The molecule has 0 aliphatic carbocycles. The predicted molar refractivity (Wildman–Crippen MR) is 106 cm³/mol. The minimum absolute atomic E-state index is 0.0393. The van der Waals surface area contributed by atoms with Crippen molar-refractivity contribution in [2.45, 2.75) is 33.6 Å². The van der Waals surface area contributed by atoms with Crippen molar-refractivity contribution in [2.75, 3.05) is 23.7 Å². The van der Waals surface area contributed by atoms with E-state index in [0.717, 1.165) is 16.5 Å². The van der Waals surface area contributed by atoms with Crippen molar-refractivity contribution in [1.29, 1.82) is 0 Å². The molecule has 9 nitrogen and oxygen atoms in total. The number of azo groups is 1. The maximum absolute atomic E-state index is 10.2. The largest absolute Gasteiger partial charge is 0.493 e. The highest BCUT2D eigenvalue weighted by Crippen LogP contribution is 2.37. The van der Waals surface area contributed by atoms with Crippen LogP contribution in [-0.4, -0.2) is 38.1 Å². The second-order valence-corrected chi connectivity index (χ2v) is 6.33. The SMILES string of the molecule is CCNc1nc(N=Nc2c(O)[nH]c3ccc(C(C)C)cc23)nc(NCC)n1. The van der Waals surface area contributed by atoms with Crippen LogP contribution in [-0.2, 0) is 0 Å². The molecule has 27 heavy (non-hydrogen) atoms. The summed E-state index contributed by atoms with van der Waals surface area (Å²) in [6, 6.07) is 5.96. The van der Waals surface area contributed by atoms with Gasteiger partial charge in [-0.3, -0.25) is 0 Å². The van der Waals surface area contributed by atoms with Crippen LogP contribution in [0.4, 0.5) is 23.5 Å². The van der Waals surface area contributed by atoms with Gasteiger partial charge >= 0.3 is 0 Å². The number of rotatable bonds is 7. The lowest BCUT2D eigenvalue weighted by molar-refractivity contribution is 0.459. The van der Waals surface area contributed by atoms with E-state index in [1.807, 2.05) is 32.0 Å². The lowest BCUT2D eigenvalue weighted by Crippen LogP contribution is -2.08. The average molecular weight is 368 g/mol. The first-order valence-electron chi connectivity index (χ1n) is 9.02. The molecule has 3 aromatic rings. The molecule has 2 aromatic heterocycles. The van der Waals surface area contributed by atoms with Gasteiger partial charge in [-0.05, 0) is 37.5 Å². The lowest BCUT2D eigenvalue weighted by Gasteiger charge is -2.05. The van der Waals surface area contributed by atoms with E-state index in [2.05, 4.69) is 54.6 Å². The molecule has 2 heterocycles. The molecular weight excluding hydrogens is 344 g/mol. The zero-order chi connectivity index (χ0) is 19.4. The van der Waals surface area contributed by atoms with E-state index in [4.69, 9.17) is 0 Å². The number of benzene rings is 1. The first-order chi connectivity index (χ1) is 13.0. The van der Waals surface area contributed by atoms with Crippen molar-refractivity contribution in [2.24, 2.45) is 10.2 Å². The van der Waals surface area contributed by atoms with Crippen LogP contribution in [0.15, 0.2) is 28.4 Å².